The predicted octanol–water partition coefficient (Wildman–Crippen LogP) is 3.92. The standard InChI is InChI=1S/C23H31N3O3/c1-5-10-25(11-6-2)23(27)20-15-19(7-9-24-20)26-12-8-17-13-21(28-3)22(29-4)14-18(17)16-26/h7,9,13-15H,5-6,8,10-12,16H2,1-4H3. The van der Waals surface area contributed by atoms with Crippen molar-refractivity contribution >= 4 is 11.6 Å². The minimum Gasteiger partial charge on any atom is -0.493 e. The van der Waals surface area contributed by atoms with Crippen LogP contribution >= 0.6 is 0 Å². The maximum atomic E-state index is 12.9. The smallest absolute Gasteiger partial charge is 0.272 e. The molecule has 1 aromatic heterocycles. The molecule has 0 saturated carbocycles. The van der Waals surface area contributed by atoms with E-state index in [1.54, 1.807) is 20.4 Å². The zero-order valence-electron chi connectivity index (χ0n) is 17.9. The van der Waals surface area contributed by atoms with Crippen molar-refractivity contribution in [3.05, 3.63) is 47.3 Å². The molecular formula is C23H31N3O3. The lowest BCUT2D eigenvalue weighted by Crippen LogP contribution is -2.34. The van der Waals surface area contributed by atoms with Crippen molar-refractivity contribution in [2.24, 2.45) is 0 Å². The third-order valence-electron chi connectivity index (χ3n) is 5.32. The molecule has 0 saturated heterocycles. The Balaban J connectivity index is 1.82. The molecule has 1 aliphatic heterocycles. The highest BCUT2D eigenvalue weighted by molar-refractivity contribution is 5.93. The van der Waals surface area contributed by atoms with E-state index in [-0.39, 0.29) is 5.91 Å². The lowest BCUT2D eigenvalue weighted by molar-refractivity contribution is 0.0749. The molecule has 1 aliphatic rings. The number of anilines is 1. The summed E-state index contributed by atoms with van der Waals surface area (Å²) >= 11 is 0. The Hall–Kier alpha value is -2.76. The van der Waals surface area contributed by atoms with Gasteiger partial charge >= 0.3 is 0 Å². The predicted molar refractivity (Wildman–Crippen MR) is 115 cm³/mol. The second-order valence-electron chi connectivity index (χ2n) is 7.34. The molecule has 2 aromatic rings. The van der Waals surface area contributed by atoms with Crippen molar-refractivity contribution < 1.29 is 14.3 Å². The van der Waals surface area contributed by atoms with E-state index in [0.717, 1.165) is 62.6 Å². The van der Waals surface area contributed by atoms with Crippen molar-refractivity contribution in [2.45, 2.75) is 39.7 Å². The normalized spacial score (nSPS) is 13.0. The van der Waals surface area contributed by atoms with E-state index in [2.05, 4.69) is 35.9 Å². The zero-order chi connectivity index (χ0) is 20.8. The SMILES string of the molecule is CCCN(CCC)C(=O)c1cc(N2CCc3cc(OC)c(OC)cc3C2)ccn1. The van der Waals surface area contributed by atoms with Crippen LogP contribution in [0.2, 0.25) is 0 Å². The van der Waals surface area contributed by atoms with Crippen LogP contribution in [-0.2, 0) is 13.0 Å². The number of ether oxygens (including phenoxy) is 2. The first-order valence-corrected chi connectivity index (χ1v) is 10.3. The first-order valence-electron chi connectivity index (χ1n) is 10.3. The minimum absolute atomic E-state index is 0.0133. The molecule has 3 rings (SSSR count). The van der Waals surface area contributed by atoms with Gasteiger partial charge in [0.25, 0.3) is 5.91 Å². The van der Waals surface area contributed by atoms with Crippen LogP contribution < -0.4 is 14.4 Å². The Kier molecular flexibility index (Phi) is 6.96. The first-order chi connectivity index (χ1) is 14.1. The van der Waals surface area contributed by atoms with Gasteiger partial charge in [-0.05, 0) is 54.7 Å². The molecule has 1 amide bonds. The maximum absolute atomic E-state index is 12.9. The van der Waals surface area contributed by atoms with Crippen LogP contribution in [0.15, 0.2) is 30.5 Å². The van der Waals surface area contributed by atoms with Crippen molar-refractivity contribution in [3.63, 3.8) is 0 Å². The number of aromatic nitrogens is 1. The fourth-order valence-electron chi connectivity index (χ4n) is 3.85. The van der Waals surface area contributed by atoms with Gasteiger partial charge < -0.3 is 19.3 Å². The number of rotatable bonds is 8. The van der Waals surface area contributed by atoms with Crippen molar-refractivity contribution in [2.75, 3.05) is 38.8 Å². The van der Waals surface area contributed by atoms with Crippen LogP contribution in [0.3, 0.4) is 0 Å². The Morgan fingerprint density at radius 1 is 1.07 bits per heavy atom. The summed E-state index contributed by atoms with van der Waals surface area (Å²) in [5.74, 6) is 1.52. The van der Waals surface area contributed by atoms with E-state index in [1.807, 2.05) is 17.0 Å². The summed E-state index contributed by atoms with van der Waals surface area (Å²) in [6.07, 6.45) is 4.54. The molecule has 1 aromatic carbocycles. The highest BCUT2D eigenvalue weighted by Crippen LogP contribution is 2.34. The van der Waals surface area contributed by atoms with E-state index in [0.29, 0.717) is 5.69 Å². The fourth-order valence-corrected chi connectivity index (χ4v) is 3.85. The van der Waals surface area contributed by atoms with Gasteiger partial charge in [-0.1, -0.05) is 13.8 Å². The van der Waals surface area contributed by atoms with Crippen molar-refractivity contribution in [1.29, 1.82) is 0 Å². The zero-order valence-corrected chi connectivity index (χ0v) is 17.9. The molecule has 0 N–H and O–H groups in total. The number of carbonyl (C=O) groups excluding carboxylic acids is 1. The number of fused-ring (bicyclic) bond motifs is 1. The van der Waals surface area contributed by atoms with Gasteiger partial charge in [0.05, 0.1) is 14.2 Å². The highest BCUT2D eigenvalue weighted by atomic mass is 16.5. The van der Waals surface area contributed by atoms with E-state index in [1.165, 1.54) is 11.1 Å². The van der Waals surface area contributed by atoms with Crippen molar-refractivity contribution in [1.82, 2.24) is 9.88 Å². The molecule has 29 heavy (non-hydrogen) atoms. The van der Waals surface area contributed by atoms with Crippen LogP contribution in [0, 0.1) is 0 Å². The fraction of sp³-hybridized carbons (Fsp3) is 0.478. The van der Waals surface area contributed by atoms with E-state index < -0.39 is 0 Å². The molecule has 0 fully saturated rings. The molecule has 0 spiro atoms. The number of amides is 1. The molecule has 2 heterocycles. The number of hydrogen-bond donors (Lipinski definition) is 0. The van der Waals surface area contributed by atoms with Crippen LogP contribution in [0.25, 0.3) is 0 Å². The monoisotopic (exact) mass is 397 g/mol. The van der Waals surface area contributed by atoms with Gasteiger partial charge in [0, 0.05) is 38.1 Å². The van der Waals surface area contributed by atoms with Gasteiger partial charge in [0.15, 0.2) is 11.5 Å². The molecule has 156 valence electrons. The van der Waals surface area contributed by atoms with Crippen molar-refractivity contribution in [3.8, 4) is 11.5 Å². The van der Waals surface area contributed by atoms with Gasteiger partial charge in [-0.2, -0.15) is 0 Å². The second kappa shape index (κ2) is 9.63. The Morgan fingerprint density at radius 2 is 1.72 bits per heavy atom. The summed E-state index contributed by atoms with van der Waals surface area (Å²) in [5.41, 5.74) is 4.04. The number of hydrogen-bond acceptors (Lipinski definition) is 5. The van der Waals surface area contributed by atoms with Crippen LogP contribution in [0.4, 0.5) is 5.69 Å². The first kappa shape index (κ1) is 21.0. The average molecular weight is 398 g/mol. The number of pyridine rings is 1. The third kappa shape index (κ3) is 4.63. The lowest BCUT2D eigenvalue weighted by Gasteiger charge is -2.31. The third-order valence-corrected chi connectivity index (χ3v) is 5.32. The molecule has 0 radical (unpaired) electrons. The maximum Gasteiger partial charge on any atom is 0.272 e. The average Bonchev–Trinajstić information content (AvgIpc) is 2.77. The number of methoxy groups -OCH3 is 2. The number of benzene rings is 1. The Labute approximate surface area is 173 Å². The molecule has 6 nitrogen and oxygen atoms in total. The molecule has 0 unspecified atom stereocenters. The summed E-state index contributed by atoms with van der Waals surface area (Å²) in [5, 5.41) is 0. The molecule has 0 aliphatic carbocycles. The second-order valence-corrected chi connectivity index (χ2v) is 7.34. The molecular weight excluding hydrogens is 366 g/mol. The minimum atomic E-state index is 0.0133. The summed E-state index contributed by atoms with van der Waals surface area (Å²) in [4.78, 5) is 21.5. The van der Waals surface area contributed by atoms with Gasteiger partial charge in [0.1, 0.15) is 5.69 Å². The molecule has 0 atom stereocenters. The largest absolute Gasteiger partial charge is 0.493 e. The quantitative estimate of drug-likeness (QED) is 0.676. The highest BCUT2D eigenvalue weighted by Gasteiger charge is 2.22. The van der Waals surface area contributed by atoms with E-state index >= 15 is 0 Å². The summed E-state index contributed by atoms with van der Waals surface area (Å²) in [6.45, 7) is 7.35. The molecule has 0 bridgehead atoms. The summed E-state index contributed by atoms with van der Waals surface area (Å²) in [7, 11) is 3.32. The molecule has 6 heteroatoms. The van der Waals surface area contributed by atoms with Crippen LogP contribution in [0.1, 0.15) is 48.3 Å². The van der Waals surface area contributed by atoms with Gasteiger partial charge in [-0.15, -0.1) is 0 Å². The van der Waals surface area contributed by atoms with Crippen LogP contribution in [-0.4, -0.2) is 49.6 Å². The Bertz CT molecular complexity index is 847. The van der Waals surface area contributed by atoms with Crippen LogP contribution in [0.5, 0.6) is 11.5 Å². The number of carbonyl (C=O) groups is 1. The topological polar surface area (TPSA) is 54.9 Å². The summed E-state index contributed by atoms with van der Waals surface area (Å²) < 4.78 is 10.9. The number of nitrogens with zero attached hydrogens (tertiary/aromatic N) is 3. The van der Waals surface area contributed by atoms with E-state index in [9.17, 15) is 4.79 Å². The van der Waals surface area contributed by atoms with Gasteiger partial charge in [0.2, 0.25) is 0 Å². The van der Waals surface area contributed by atoms with Gasteiger partial charge in [-0.25, -0.2) is 0 Å². The van der Waals surface area contributed by atoms with E-state index in [4.69, 9.17) is 9.47 Å². The summed E-state index contributed by atoms with van der Waals surface area (Å²) in [6, 6.07) is 8.02. The Morgan fingerprint density at radius 3 is 2.34 bits per heavy atom. The lowest BCUT2D eigenvalue weighted by atomic mass is 9.98. The van der Waals surface area contributed by atoms with Gasteiger partial charge in [-0.3, -0.25) is 9.78 Å².